The minimum atomic E-state index is -1.01. The van der Waals surface area contributed by atoms with Crippen LogP contribution in [0.15, 0.2) is 82.6 Å². The highest BCUT2D eigenvalue weighted by molar-refractivity contribution is 7.99. The van der Waals surface area contributed by atoms with E-state index in [4.69, 9.17) is 0 Å². The number of hydrogen-bond acceptors (Lipinski definition) is 3. The predicted octanol–water partition coefficient (Wildman–Crippen LogP) is 5.10. The van der Waals surface area contributed by atoms with Gasteiger partial charge in [0.2, 0.25) is 0 Å². The summed E-state index contributed by atoms with van der Waals surface area (Å²) in [6.07, 6.45) is 0. The summed E-state index contributed by atoms with van der Waals surface area (Å²) in [7, 11) is 0. The smallest absolute Gasteiger partial charge is 0.335 e. The Morgan fingerprint density at radius 1 is 0.846 bits per heavy atom. The van der Waals surface area contributed by atoms with Crippen molar-refractivity contribution in [3.8, 4) is 0 Å². The summed E-state index contributed by atoms with van der Waals surface area (Å²) in [5, 5.41) is 12.3. The first kappa shape index (κ1) is 17.8. The summed E-state index contributed by atoms with van der Waals surface area (Å²) in [6.45, 7) is 1.73. The lowest BCUT2D eigenvalue weighted by molar-refractivity contribution is 0.0695. The van der Waals surface area contributed by atoms with E-state index in [1.54, 1.807) is 25.1 Å². The zero-order valence-electron chi connectivity index (χ0n) is 14.1. The number of amides is 1. The van der Waals surface area contributed by atoms with Crippen molar-refractivity contribution in [1.82, 2.24) is 0 Å². The first-order valence-electron chi connectivity index (χ1n) is 8.02. The van der Waals surface area contributed by atoms with Gasteiger partial charge in [-0.05, 0) is 48.9 Å². The van der Waals surface area contributed by atoms with Crippen LogP contribution in [0.25, 0.3) is 0 Å². The van der Waals surface area contributed by atoms with Gasteiger partial charge in [0.15, 0.2) is 0 Å². The number of carboxylic acids is 1. The van der Waals surface area contributed by atoms with Crippen molar-refractivity contribution < 1.29 is 14.7 Å². The van der Waals surface area contributed by atoms with E-state index in [2.05, 4.69) is 5.32 Å². The van der Waals surface area contributed by atoms with E-state index in [-0.39, 0.29) is 11.5 Å². The monoisotopic (exact) mass is 363 g/mol. The van der Waals surface area contributed by atoms with Crippen molar-refractivity contribution in [3.63, 3.8) is 0 Å². The highest BCUT2D eigenvalue weighted by atomic mass is 32.2. The lowest BCUT2D eigenvalue weighted by Crippen LogP contribution is -2.15. The second-order valence-corrected chi connectivity index (χ2v) is 6.74. The van der Waals surface area contributed by atoms with Gasteiger partial charge in [0.1, 0.15) is 0 Å². The largest absolute Gasteiger partial charge is 0.478 e. The molecule has 0 aliphatic heterocycles. The van der Waals surface area contributed by atoms with Crippen LogP contribution in [0.1, 0.15) is 26.3 Å². The molecule has 0 saturated heterocycles. The van der Waals surface area contributed by atoms with Crippen LogP contribution in [-0.2, 0) is 0 Å². The Bertz CT molecular complexity index is 940. The van der Waals surface area contributed by atoms with Gasteiger partial charge in [0.25, 0.3) is 5.91 Å². The topological polar surface area (TPSA) is 66.4 Å². The third-order valence-corrected chi connectivity index (χ3v) is 5.11. The molecule has 4 nitrogen and oxygen atoms in total. The van der Waals surface area contributed by atoms with E-state index in [1.807, 2.05) is 48.5 Å². The van der Waals surface area contributed by atoms with E-state index in [0.29, 0.717) is 21.7 Å². The van der Waals surface area contributed by atoms with Crippen LogP contribution in [0.5, 0.6) is 0 Å². The minimum absolute atomic E-state index is 0.194. The molecule has 0 unspecified atom stereocenters. The predicted molar refractivity (Wildman–Crippen MR) is 103 cm³/mol. The lowest BCUT2D eigenvalue weighted by atomic mass is 10.0. The summed E-state index contributed by atoms with van der Waals surface area (Å²) < 4.78 is 0. The molecule has 0 saturated carbocycles. The zero-order chi connectivity index (χ0) is 18.5. The maximum atomic E-state index is 12.8. The van der Waals surface area contributed by atoms with Crippen molar-refractivity contribution >= 4 is 29.3 Å². The molecule has 0 atom stereocenters. The van der Waals surface area contributed by atoms with Gasteiger partial charge in [0, 0.05) is 15.5 Å². The molecule has 0 fully saturated rings. The number of rotatable bonds is 5. The van der Waals surface area contributed by atoms with E-state index in [1.165, 1.54) is 17.8 Å². The maximum Gasteiger partial charge on any atom is 0.335 e. The van der Waals surface area contributed by atoms with Crippen molar-refractivity contribution in [3.05, 3.63) is 89.5 Å². The molecule has 0 aliphatic rings. The molecule has 3 aromatic rings. The molecule has 0 spiro atoms. The lowest BCUT2D eigenvalue weighted by Gasteiger charge is -2.14. The Kier molecular flexibility index (Phi) is 5.39. The minimum Gasteiger partial charge on any atom is -0.478 e. The number of hydrogen-bond donors (Lipinski definition) is 2. The van der Waals surface area contributed by atoms with E-state index in [0.717, 1.165) is 4.90 Å². The van der Waals surface area contributed by atoms with E-state index in [9.17, 15) is 14.7 Å². The van der Waals surface area contributed by atoms with Gasteiger partial charge in [0.05, 0.1) is 11.1 Å². The fourth-order valence-electron chi connectivity index (χ4n) is 2.56. The second-order valence-electron chi connectivity index (χ2n) is 5.66. The van der Waals surface area contributed by atoms with E-state index >= 15 is 0 Å². The number of nitrogens with one attached hydrogen (secondary N) is 1. The number of anilines is 1. The van der Waals surface area contributed by atoms with Crippen molar-refractivity contribution in [2.45, 2.75) is 16.7 Å². The molecule has 0 bridgehead atoms. The molecule has 0 aromatic heterocycles. The summed E-state index contributed by atoms with van der Waals surface area (Å²) in [6, 6.07) is 21.8. The van der Waals surface area contributed by atoms with Gasteiger partial charge < -0.3 is 10.4 Å². The molecule has 26 heavy (non-hydrogen) atoms. The Labute approximate surface area is 155 Å². The Morgan fingerprint density at radius 3 is 2.04 bits per heavy atom. The number of aromatic carboxylic acids is 1. The summed E-state index contributed by atoms with van der Waals surface area (Å²) in [5.41, 5.74) is 1.91. The molecule has 3 rings (SSSR count). The molecule has 3 aromatic carbocycles. The van der Waals surface area contributed by atoms with Gasteiger partial charge in [-0.25, -0.2) is 4.79 Å². The molecule has 1 amide bonds. The quantitative estimate of drug-likeness (QED) is 0.662. The summed E-state index contributed by atoms with van der Waals surface area (Å²) in [4.78, 5) is 25.9. The number of carbonyl (C=O) groups is 2. The standard InChI is InChI=1S/C21H17NO3S/c1-14-17(21(24)25)12-13-18(19(14)26-16-10-6-3-7-11-16)20(23)22-15-8-4-2-5-9-15/h2-13H,1H3,(H,22,23)(H,24,25). The molecule has 0 heterocycles. The van der Waals surface area contributed by atoms with Crippen LogP contribution in [-0.4, -0.2) is 17.0 Å². The third kappa shape index (κ3) is 3.95. The van der Waals surface area contributed by atoms with Gasteiger partial charge >= 0.3 is 5.97 Å². The Morgan fingerprint density at radius 2 is 1.42 bits per heavy atom. The molecular formula is C21H17NO3S. The summed E-state index contributed by atoms with van der Waals surface area (Å²) >= 11 is 1.39. The van der Waals surface area contributed by atoms with E-state index < -0.39 is 5.97 Å². The van der Waals surface area contributed by atoms with Crippen molar-refractivity contribution in [1.29, 1.82) is 0 Å². The van der Waals surface area contributed by atoms with Crippen LogP contribution in [0.4, 0.5) is 5.69 Å². The number of benzene rings is 3. The van der Waals surface area contributed by atoms with Gasteiger partial charge in [-0.3, -0.25) is 4.79 Å². The van der Waals surface area contributed by atoms with Gasteiger partial charge in [-0.1, -0.05) is 48.2 Å². The first-order valence-corrected chi connectivity index (χ1v) is 8.84. The fourth-order valence-corrected chi connectivity index (χ4v) is 3.62. The first-order chi connectivity index (χ1) is 12.6. The Balaban J connectivity index is 2.02. The molecule has 2 N–H and O–H groups in total. The van der Waals surface area contributed by atoms with Crippen LogP contribution >= 0.6 is 11.8 Å². The van der Waals surface area contributed by atoms with Crippen molar-refractivity contribution in [2.75, 3.05) is 5.32 Å². The van der Waals surface area contributed by atoms with Crippen LogP contribution in [0.3, 0.4) is 0 Å². The molecule has 0 aliphatic carbocycles. The number of para-hydroxylation sites is 1. The maximum absolute atomic E-state index is 12.8. The summed E-state index contributed by atoms with van der Waals surface area (Å²) in [5.74, 6) is -1.28. The normalized spacial score (nSPS) is 10.3. The molecular weight excluding hydrogens is 346 g/mol. The van der Waals surface area contributed by atoms with Crippen LogP contribution < -0.4 is 5.32 Å². The van der Waals surface area contributed by atoms with Gasteiger partial charge in [-0.2, -0.15) is 0 Å². The zero-order valence-corrected chi connectivity index (χ0v) is 14.9. The molecule has 5 heteroatoms. The average molecular weight is 363 g/mol. The van der Waals surface area contributed by atoms with Gasteiger partial charge in [-0.15, -0.1) is 0 Å². The van der Waals surface area contributed by atoms with Crippen LogP contribution in [0, 0.1) is 6.92 Å². The highest BCUT2D eigenvalue weighted by Gasteiger charge is 2.19. The van der Waals surface area contributed by atoms with Crippen LogP contribution in [0.2, 0.25) is 0 Å². The fraction of sp³-hybridized carbons (Fsp3) is 0.0476. The SMILES string of the molecule is Cc1c(C(=O)O)ccc(C(=O)Nc2ccccc2)c1Sc1ccccc1. The number of carbonyl (C=O) groups excluding carboxylic acids is 1. The third-order valence-electron chi connectivity index (χ3n) is 3.88. The average Bonchev–Trinajstić information content (AvgIpc) is 2.64. The van der Waals surface area contributed by atoms with Crippen molar-refractivity contribution in [2.24, 2.45) is 0 Å². The molecule has 0 radical (unpaired) electrons. The second kappa shape index (κ2) is 7.89. The highest BCUT2D eigenvalue weighted by Crippen LogP contribution is 2.35. The molecule has 130 valence electrons. The number of carboxylic acid groups (broad SMARTS) is 1. The Hall–Kier alpha value is -3.05.